The number of carbonyl (C=O) groups is 3. The van der Waals surface area contributed by atoms with Crippen LogP contribution in [0.15, 0.2) is 67.0 Å². The molecule has 15 heteroatoms. The van der Waals surface area contributed by atoms with E-state index in [0.29, 0.717) is 5.56 Å². The molecule has 0 spiro atoms. The third kappa shape index (κ3) is 9.99. The zero-order chi connectivity index (χ0) is 37.2. The molecule has 2 unspecified atom stereocenters. The normalized spacial score (nSPS) is 13.0. The summed E-state index contributed by atoms with van der Waals surface area (Å²) in [4.78, 5) is 54.4. The number of halogens is 2. The molecule has 0 N–H and O–H groups in total. The van der Waals surface area contributed by atoms with Gasteiger partial charge in [0, 0.05) is 20.0 Å². The van der Waals surface area contributed by atoms with Crippen LogP contribution in [0.25, 0.3) is 11.2 Å². The number of aromatic nitrogens is 4. The molecule has 0 aliphatic heterocycles. The van der Waals surface area contributed by atoms with Crippen LogP contribution >= 0.6 is 11.6 Å². The van der Waals surface area contributed by atoms with Crippen molar-refractivity contribution in [3.05, 3.63) is 83.4 Å². The second kappa shape index (κ2) is 17.5. The van der Waals surface area contributed by atoms with Gasteiger partial charge >= 0.3 is 18.0 Å². The van der Waals surface area contributed by atoms with Crippen molar-refractivity contribution in [1.29, 1.82) is 0 Å². The fourth-order valence-electron chi connectivity index (χ4n) is 5.15. The van der Waals surface area contributed by atoms with E-state index in [4.69, 9.17) is 35.3 Å². The van der Waals surface area contributed by atoms with Crippen molar-refractivity contribution in [3.8, 4) is 0 Å². The minimum absolute atomic E-state index is 0.00589. The fraction of sp³-hybridized carbons (Fsp3) is 0.444. The lowest BCUT2D eigenvalue weighted by Gasteiger charge is -2.31. The summed E-state index contributed by atoms with van der Waals surface area (Å²) in [6.07, 6.45) is -2.82. The molecule has 2 heterocycles. The first-order chi connectivity index (χ1) is 24.3. The van der Waals surface area contributed by atoms with Crippen molar-refractivity contribution in [1.82, 2.24) is 19.5 Å². The Hall–Kier alpha value is -4.66. The van der Waals surface area contributed by atoms with Crippen LogP contribution in [0.2, 0.25) is 5.28 Å². The Kier molecular flexibility index (Phi) is 13.4. The van der Waals surface area contributed by atoms with Crippen LogP contribution in [-0.4, -0.2) is 81.8 Å². The van der Waals surface area contributed by atoms with E-state index in [1.807, 2.05) is 30.3 Å². The van der Waals surface area contributed by atoms with Crippen LogP contribution in [0.3, 0.4) is 0 Å². The molecule has 0 aliphatic rings. The monoisotopic (exact) mass is 727 g/mol. The van der Waals surface area contributed by atoms with Crippen LogP contribution in [0, 0.1) is 0 Å². The Morgan fingerprint density at radius 1 is 0.922 bits per heavy atom. The summed E-state index contributed by atoms with van der Waals surface area (Å²) in [5, 5.41) is -0.255. The molecule has 2 aromatic heterocycles. The second-order valence-corrected chi connectivity index (χ2v) is 12.8. The van der Waals surface area contributed by atoms with Gasteiger partial charge in [-0.1, -0.05) is 60.7 Å². The van der Waals surface area contributed by atoms with E-state index in [-0.39, 0.29) is 54.9 Å². The molecule has 4 rings (SSSR count). The molecule has 0 saturated heterocycles. The molecule has 274 valence electrons. The Labute approximate surface area is 301 Å². The minimum atomic E-state index is -2.18. The number of alkyl halides is 1. The zero-order valence-corrected chi connectivity index (χ0v) is 30.3. The molecule has 0 bridgehead atoms. The highest BCUT2D eigenvalue weighted by Gasteiger charge is 2.51. The Bertz CT molecular complexity index is 1750. The molecule has 0 radical (unpaired) electrons. The summed E-state index contributed by atoms with van der Waals surface area (Å²) in [5.74, 6) is -1.86. The van der Waals surface area contributed by atoms with Crippen molar-refractivity contribution in [2.45, 2.75) is 77.6 Å². The first kappa shape index (κ1) is 39.1. The van der Waals surface area contributed by atoms with Gasteiger partial charge in [-0.2, -0.15) is 9.97 Å². The van der Waals surface area contributed by atoms with Gasteiger partial charge in [0.25, 0.3) is 5.60 Å². The van der Waals surface area contributed by atoms with Crippen molar-refractivity contribution in [2.75, 3.05) is 31.8 Å². The SMILES string of the molecule is CCOC(=O)C(Cc1ccccc1)(OCC(CC(F)n1cnc2c(N(Cc3ccccc3)C(=O)OC(C)(C)C)nc(Cl)nc21)OC)C(=O)OCC. The van der Waals surface area contributed by atoms with Gasteiger partial charge in [0.2, 0.25) is 5.28 Å². The summed E-state index contributed by atoms with van der Waals surface area (Å²) in [6.45, 7) is 8.04. The van der Waals surface area contributed by atoms with Crippen LogP contribution in [0.4, 0.5) is 15.0 Å². The van der Waals surface area contributed by atoms with Gasteiger partial charge in [-0.25, -0.2) is 23.8 Å². The summed E-state index contributed by atoms with van der Waals surface area (Å²) in [7, 11) is 1.35. The summed E-state index contributed by atoms with van der Waals surface area (Å²) in [5.41, 5.74) is -1.53. The average molecular weight is 728 g/mol. The van der Waals surface area contributed by atoms with E-state index in [2.05, 4.69) is 15.0 Å². The van der Waals surface area contributed by atoms with Gasteiger partial charge in [-0.15, -0.1) is 0 Å². The van der Waals surface area contributed by atoms with Crippen LogP contribution in [0.1, 0.15) is 58.5 Å². The lowest BCUT2D eigenvalue weighted by molar-refractivity contribution is -0.195. The van der Waals surface area contributed by atoms with E-state index < -0.39 is 48.2 Å². The number of fused-ring (bicyclic) bond motifs is 1. The molecule has 0 fully saturated rings. The Balaban J connectivity index is 1.64. The zero-order valence-electron chi connectivity index (χ0n) is 29.5. The van der Waals surface area contributed by atoms with E-state index in [0.717, 1.165) is 10.1 Å². The highest BCUT2D eigenvalue weighted by atomic mass is 35.5. The number of carbonyl (C=O) groups excluding carboxylic acids is 3. The van der Waals surface area contributed by atoms with Crippen molar-refractivity contribution in [2.24, 2.45) is 0 Å². The number of anilines is 1. The quantitative estimate of drug-likeness (QED) is 0.0546. The molecular weight excluding hydrogens is 685 g/mol. The maximum atomic E-state index is 16.2. The summed E-state index contributed by atoms with van der Waals surface area (Å²) < 4.78 is 45.2. The third-order valence-electron chi connectivity index (χ3n) is 7.54. The highest BCUT2D eigenvalue weighted by Crippen LogP contribution is 2.31. The number of esters is 2. The number of imidazole rings is 1. The Morgan fingerprint density at radius 3 is 2.06 bits per heavy atom. The molecule has 0 aliphatic carbocycles. The molecular formula is C36H43ClFN5O8. The van der Waals surface area contributed by atoms with E-state index in [9.17, 15) is 14.4 Å². The molecule has 4 aromatic rings. The predicted molar refractivity (Wildman–Crippen MR) is 187 cm³/mol. The average Bonchev–Trinajstić information content (AvgIpc) is 3.52. The minimum Gasteiger partial charge on any atom is -0.463 e. The van der Waals surface area contributed by atoms with Crippen LogP contribution in [0.5, 0.6) is 0 Å². The summed E-state index contributed by atoms with van der Waals surface area (Å²) in [6, 6.07) is 17.9. The topological polar surface area (TPSA) is 144 Å². The number of nitrogens with zero attached hydrogens (tertiary/aromatic N) is 5. The standard InChI is InChI=1S/C36H43ClFN5O8/c1-7-48-31(44)36(32(45)49-8-2,20-24-15-11-9-12-16-24)50-22-26(47-6)19-27(38)43-23-39-28-29(40-33(37)41-30(28)43)42(34(46)51-35(3,4)5)21-25-17-13-10-14-18-25/h9-18,23,26-27H,7-8,19-22H2,1-6H3. The lowest BCUT2D eigenvalue weighted by atomic mass is 9.94. The smallest absolute Gasteiger partial charge is 0.416 e. The van der Waals surface area contributed by atoms with Gasteiger partial charge in [-0.3, -0.25) is 9.47 Å². The first-order valence-corrected chi connectivity index (χ1v) is 16.8. The van der Waals surface area contributed by atoms with Gasteiger partial charge < -0.3 is 23.7 Å². The number of methoxy groups -OCH3 is 1. The van der Waals surface area contributed by atoms with Crippen LogP contribution in [-0.2, 0) is 46.2 Å². The van der Waals surface area contributed by atoms with E-state index >= 15 is 4.39 Å². The largest absolute Gasteiger partial charge is 0.463 e. The maximum absolute atomic E-state index is 16.2. The number of amides is 1. The molecule has 2 aromatic carbocycles. The van der Waals surface area contributed by atoms with Gasteiger partial charge in [0.1, 0.15) is 5.60 Å². The molecule has 1 amide bonds. The molecule has 51 heavy (non-hydrogen) atoms. The first-order valence-electron chi connectivity index (χ1n) is 16.5. The predicted octanol–water partition coefficient (Wildman–Crippen LogP) is 6.42. The number of hydrogen-bond donors (Lipinski definition) is 0. The lowest BCUT2D eigenvalue weighted by Crippen LogP contribution is -2.54. The molecule has 13 nitrogen and oxygen atoms in total. The molecule has 2 atom stereocenters. The van der Waals surface area contributed by atoms with Gasteiger partial charge in [0.15, 0.2) is 23.3 Å². The fourth-order valence-corrected chi connectivity index (χ4v) is 5.31. The number of benzene rings is 2. The summed E-state index contributed by atoms with van der Waals surface area (Å²) >= 11 is 6.36. The number of hydrogen-bond acceptors (Lipinski definition) is 11. The van der Waals surface area contributed by atoms with Gasteiger partial charge in [-0.05, 0) is 57.3 Å². The molecule has 0 saturated carbocycles. The van der Waals surface area contributed by atoms with Crippen molar-refractivity contribution < 1.29 is 42.5 Å². The second-order valence-electron chi connectivity index (χ2n) is 12.5. The van der Waals surface area contributed by atoms with Crippen molar-refractivity contribution >= 4 is 46.6 Å². The van der Waals surface area contributed by atoms with Crippen LogP contribution < -0.4 is 4.90 Å². The maximum Gasteiger partial charge on any atom is 0.416 e. The third-order valence-corrected chi connectivity index (χ3v) is 7.71. The number of ether oxygens (including phenoxy) is 5. The Morgan fingerprint density at radius 2 is 1.51 bits per heavy atom. The van der Waals surface area contributed by atoms with E-state index in [1.54, 1.807) is 65.0 Å². The van der Waals surface area contributed by atoms with E-state index in [1.165, 1.54) is 18.3 Å². The highest BCUT2D eigenvalue weighted by molar-refractivity contribution is 6.28. The van der Waals surface area contributed by atoms with Gasteiger partial charge in [0.05, 0.1) is 38.8 Å². The van der Waals surface area contributed by atoms with Crippen molar-refractivity contribution in [3.63, 3.8) is 0 Å². The number of rotatable bonds is 16.